The van der Waals surface area contributed by atoms with Crippen LogP contribution in [0.15, 0.2) is 133 Å². The maximum Gasteiger partial charge on any atom is 0.200 e. The van der Waals surface area contributed by atoms with Crippen LogP contribution in [0.4, 0.5) is 13.2 Å². The van der Waals surface area contributed by atoms with Crippen molar-refractivity contribution in [1.29, 1.82) is 0 Å². The number of hydrogen-bond acceptors (Lipinski definition) is 2. The van der Waals surface area contributed by atoms with Gasteiger partial charge in [-0.15, -0.1) is 6.58 Å². The molecule has 0 aliphatic carbocycles. The van der Waals surface area contributed by atoms with E-state index in [1.807, 2.05) is 0 Å². The molecule has 0 aromatic carbocycles. The second-order valence-electron chi connectivity index (χ2n) is 7.66. The van der Waals surface area contributed by atoms with Crippen LogP contribution in [0.2, 0.25) is 0 Å². The lowest BCUT2D eigenvalue weighted by Crippen LogP contribution is -1.98. The van der Waals surface area contributed by atoms with E-state index in [0.717, 1.165) is 0 Å². The summed E-state index contributed by atoms with van der Waals surface area (Å²) in [5.74, 6) is -3.62. The highest BCUT2D eigenvalue weighted by Gasteiger charge is 2.16. The summed E-state index contributed by atoms with van der Waals surface area (Å²) < 4.78 is 48.3. The van der Waals surface area contributed by atoms with E-state index >= 15 is 0 Å². The van der Waals surface area contributed by atoms with Gasteiger partial charge in [-0.05, 0) is 61.5 Å². The highest BCUT2D eigenvalue weighted by atomic mass is 19.2. The van der Waals surface area contributed by atoms with Crippen molar-refractivity contribution in [2.24, 2.45) is 0 Å². The molecule has 1 unspecified atom stereocenters. The first-order valence-electron chi connectivity index (χ1n) is 10.7. The summed E-state index contributed by atoms with van der Waals surface area (Å²) in [6, 6.07) is 0. The summed E-state index contributed by atoms with van der Waals surface area (Å²) >= 11 is 0. The summed E-state index contributed by atoms with van der Waals surface area (Å²) in [5.41, 5.74) is 1.05. The van der Waals surface area contributed by atoms with Gasteiger partial charge in [-0.1, -0.05) is 63.8 Å². The Morgan fingerprint density at radius 2 is 1.47 bits per heavy atom. The topological polar surface area (TPSA) is 29.5 Å². The minimum absolute atomic E-state index is 0.0114. The van der Waals surface area contributed by atoms with E-state index in [-0.39, 0.29) is 28.9 Å². The monoisotopic (exact) mass is 472 g/mol. The molecule has 184 valence electrons. The van der Waals surface area contributed by atoms with E-state index in [1.54, 1.807) is 26.0 Å². The van der Waals surface area contributed by atoms with E-state index in [4.69, 9.17) is 4.74 Å². The van der Waals surface area contributed by atoms with Gasteiger partial charge in [0.05, 0.1) is 12.7 Å². The fraction of sp³-hybridized carbons (Fsp3) is 0.241. The Morgan fingerprint density at radius 1 is 0.912 bits per heavy atom. The Balaban J connectivity index is 5.19. The predicted molar refractivity (Wildman–Crippen MR) is 138 cm³/mol. The van der Waals surface area contributed by atoms with Gasteiger partial charge in [0, 0.05) is 11.1 Å². The zero-order valence-electron chi connectivity index (χ0n) is 20.2. The molecule has 0 saturated carbocycles. The van der Waals surface area contributed by atoms with Crippen LogP contribution in [-0.4, -0.2) is 17.8 Å². The minimum atomic E-state index is -1.27. The van der Waals surface area contributed by atoms with Crippen LogP contribution in [0.3, 0.4) is 0 Å². The molecule has 34 heavy (non-hydrogen) atoms. The number of allylic oxidation sites excluding steroid dienone is 13. The average molecular weight is 473 g/mol. The van der Waals surface area contributed by atoms with E-state index in [0.29, 0.717) is 30.4 Å². The molecule has 0 saturated heterocycles. The van der Waals surface area contributed by atoms with Crippen molar-refractivity contribution < 1.29 is 23.0 Å². The Morgan fingerprint density at radius 3 is 2.00 bits per heavy atom. The second kappa shape index (κ2) is 15.5. The van der Waals surface area contributed by atoms with Crippen LogP contribution in [0.5, 0.6) is 0 Å². The number of ether oxygens (including phenoxy) is 1. The maximum absolute atomic E-state index is 14.6. The summed E-state index contributed by atoms with van der Waals surface area (Å²) in [4.78, 5) is 0. The Bertz CT molecular complexity index is 969. The largest absolute Gasteiger partial charge is 0.491 e. The van der Waals surface area contributed by atoms with Gasteiger partial charge in [-0.2, -0.15) is 4.39 Å². The average Bonchev–Trinajstić information content (AvgIpc) is 2.80. The quantitative estimate of drug-likeness (QED) is 0.106. The number of halogens is 3. The first kappa shape index (κ1) is 30.7. The van der Waals surface area contributed by atoms with Gasteiger partial charge in [0.2, 0.25) is 5.83 Å². The second-order valence-corrected chi connectivity index (χ2v) is 7.66. The van der Waals surface area contributed by atoms with Gasteiger partial charge in [0.25, 0.3) is 0 Å². The van der Waals surface area contributed by atoms with Crippen molar-refractivity contribution in [3.8, 4) is 0 Å². The van der Waals surface area contributed by atoms with Gasteiger partial charge in [0.1, 0.15) is 5.83 Å². The number of aliphatic hydroxyl groups excluding tert-OH is 1. The third-order valence-corrected chi connectivity index (χ3v) is 4.65. The molecule has 0 rings (SSSR count). The molecule has 0 bridgehead atoms. The number of rotatable bonds is 16. The highest BCUT2D eigenvalue weighted by Crippen LogP contribution is 2.28. The van der Waals surface area contributed by atoms with Crippen LogP contribution in [-0.2, 0) is 4.74 Å². The standard InChI is InChI=1S/C29H35F3O2/c1-10-11-12-17-34-26(9)29(32)28(31)25(8)21(4)14-13-20(3)24(7)27(30)18-22(5)19(2)15-16-23(6)33/h10,13-15,18,23,33H,1,3-5,7-9,11-12,16-17H2,2,6H3/b14-13-,19-15+,27-18+,29-28-. The van der Waals surface area contributed by atoms with E-state index in [2.05, 4.69) is 46.1 Å². The van der Waals surface area contributed by atoms with Gasteiger partial charge in [-0.3, -0.25) is 0 Å². The van der Waals surface area contributed by atoms with E-state index in [1.165, 1.54) is 18.2 Å². The molecule has 1 N–H and O–H groups in total. The zero-order chi connectivity index (χ0) is 26.4. The molecule has 0 amide bonds. The zero-order valence-corrected chi connectivity index (χ0v) is 20.2. The smallest absolute Gasteiger partial charge is 0.200 e. The van der Waals surface area contributed by atoms with Crippen molar-refractivity contribution in [2.75, 3.05) is 6.61 Å². The number of unbranched alkanes of at least 4 members (excludes halogenated alkanes) is 1. The SMILES string of the molecule is C=CCCCOC(=C)/C(F)=C(/F)C(=C)C(=C)/C=C\C(=C)C(=C)/C(F)=C\C(=C)/C(C)=C/CC(C)O. The first-order chi connectivity index (χ1) is 15.8. The lowest BCUT2D eigenvalue weighted by Gasteiger charge is -2.10. The molecule has 2 nitrogen and oxygen atoms in total. The van der Waals surface area contributed by atoms with E-state index < -0.39 is 29.3 Å². The normalized spacial score (nSPS) is 13.7. The number of aliphatic hydroxyl groups is 1. The summed E-state index contributed by atoms with van der Waals surface area (Å²) in [6.45, 7) is 28.9. The van der Waals surface area contributed by atoms with Gasteiger partial charge in [0.15, 0.2) is 11.6 Å². The van der Waals surface area contributed by atoms with Gasteiger partial charge in [-0.25, -0.2) is 8.78 Å². The molecule has 1 atom stereocenters. The number of hydrogen-bond donors (Lipinski definition) is 1. The van der Waals surface area contributed by atoms with Crippen molar-refractivity contribution >= 4 is 0 Å². The van der Waals surface area contributed by atoms with Crippen LogP contribution in [0.25, 0.3) is 0 Å². The molecule has 0 radical (unpaired) electrons. The van der Waals surface area contributed by atoms with Gasteiger partial charge >= 0.3 is 0 Å². The Kier molecular flexibility index (Phi) is 14.0. The van der Waals surface area contributed by atoms with E-state index in [9.17, 15) is 18.3 Å². The fourth-order valence-electron chi connectivity index (χ4n) is 2.27. The molecular formula is C29H35F3O2. The molecule has 0 aliphatic heterocycles. The first-order valence-corrected chi connectivity index (χ1v) is 10.7. The summed E-state index contributed by atoms with van der Waals surface area (Å²) in [6.07, 6.45) is 8.52. The lowest BCUT2D eigenvalue weighted by atomic mass is 10.0. The third kappa shape index (κ3) is 11.0. The molecule has 0 aromatic rings. The Labute approximate surface area is 202 Å². The molecule has 0 heterocycles. The predicted octanol–water partition coefficient (Wildman–Crippen LogP) is 8.54. The van der Waals surface area contributed by atoms with Crippen molar-refractivity contribution in [3.63, 3.8) is 0 Å². The molecule has 5 heteroatoms. The van der Waals surface area contributed by atoms with Crippen molar-refractivity contribution in [1.82, 2.24) is 0 Å². The fourth-order valence-corrected chi connectivity index (χ4v) is 2.27. The highest BCUT2D eigenvalue weighted by molar-refractivity contribution is 5.54. The van der Waals surface area contributed by atoms with Crippen molar-refractivity contribution in [2.45, 2.75) is 39.2 Å². The molecule has 0 aliphatic rings. The van der Waals surface area contributed by atoms with Crippen LogP contribution < -0.4 is 0 Å². The molecule has 0 spiro atoms. The molecular weight excluding hydrogens is 437 g/mol. The lowest BCUT2D eigenvalue weighted by molar-refractivity contribution is 0.198. The molecule has 0 aromatic heterocycles. The van der Waals surface area contributed by atoms with Crippen molar-refractivity contribution in [3.05, 3.63) is 133 Å². The third-order valence-electron chi connectivity index (χ3n) is 4.65. The molecule has 0 fully saturated rings. The summed E-state index contributed by atoms with van der Waals surface area (Å²) in [7, 11) is 0. The van der Waals surface area contributed by atoms with Crippen LogP contribution in [0.1, 0.15) is 33.1 Å². The van der Waals surface area contributed by atoms with Gasteiger partial charge < -0.3 is 9.84 Å². The minimum Gasteiger partial charge on any atom is -0.491 e. The van der Waals surface area contributed by atoms with Crippen LogP contribution in [0, 0.1) is 0 Å². The van der Waals surface area contributed by atoms with Crippen LogP contribution >= 0.6 is 0 Å². The Hall–Kier alpha value is -3.31. The summed E-state index contributed by atoms with van der Waals surface area (Å²) in [5, 5.41) is 9.34. The maximum atomic E-state index is 14.6.